The Morgan fingerprint density at radius 1 is 1.16 bits per heavy atom. The van der Waals surface area contributed by atoms with Gasteiger partial charge in [-0.1, -0.05) is 30.4 Å². The molecule has 1 aliphatic rings. The van der Waals surface area contributed by atoms with Gasteiger partial charge < -0.3 is 10.6 Å². The monoisotopic (exact) mass is 272 g/mol. The Kier molecular flexibility index (Phi) is 2.95. The lowest BCUT2D eigenvalue weighted by molar-refractivity contribution is 0.628. The molecular formula is C15H13FN2S. The van der Waals surface area contributed by atoms with Gasteiger partial charge in [-0.05, 0) is 36.2 Å². The van der Waals surface area contributed by atoms with Crippen molar-refractivity contribution < 1.29 is 4.39 Å². The first-order chi connectivity index (χ1) is 9.16. The van der Waals surface area contributed by atoms with E-state index in [1.807, 2.05) is 30.3 Å². The molecule has 2 aromatic rings. The van der Waals surface area contributed by atoms with Gasteiger partial charge in [0.2, 0.25) is 0 Å². The Bertz CT molecular complexity index is 654. The molecule has 0 radical (unpaired) electrons. The van der Waals surface area contributed by atoms with E-state index in [0.29, 0.717) is 4.99 Å². The van der Waals surface area contributed by atoms with E-state index in [1.165, 1.54) is 6.07 Å². The second-order valence-corrected chi connectivity index (χ2v) is 5.00. The summed E-state index contributed by atoms with van der Waals surface area (Å²) in [6.45, 7) is 0.818. The molecule has 2 aromatic carbocycles. The van der Waals surface area contributed by atoms with Crippen molar-refractivity contribution in [2.45, 2.75) is 6.42 Å². The molecule has 0 aliphatic carbocycles. The number of nitrogens with two attached hydrogens (primary N) is 1. The summed E-state index contributed by atoms with van der Waals surface area (Å²) in [5.74, 6) is -0.224. The molecule has 0 bridgehead atoms. The minimum atomic E-state index is -0.224. The molecule has 19 heavy (non-hydrogen) atoms. The summed E-state index contributed by atoms with van der Waals surface area (Å²) in [5.41, 5.74) is 9.59. The molecule has 0 saturated heterocycles. The van der Waals surface area contributed by atoms with Crippen LogP contribution < -0.4 is 10.6 Å². The lowest BCUT2D eigenvalue weighted by atomic mass is 10.1. The third-order valence-electron chi connectivity index (χ3n) is 3.40. The second kappa shape index (κ2) is 4.63. The molecule has 3 rings (SSSR count). The first kappa shape index (κ1) is 12.1. The largest absolute Gasteiger partial charge is 0.389 e. The zero-order valence-corrected chi connectivity index (χ0v) is 11.1. The molecule has 96 valence electrons. The Morgan fingerprint density at radius 3 is 2.74 bits per heavy atom. The summed E-state index contributed by atoms with van der Waals surface area (Å²) in [4.78, 5) is 2.44. The van der Waals surface area contributed by atoms with Crippen LogP contribution in [0.3, 0.4) is 0 Å². The van der Waals surface area contributed by atoms with Crippen LogP contribution in [0.4, 0.5) is 15.8 Å². The highest BCUT2D eigenvalue weighted by atomic mass is 32.1. The highest BCUT2D eigenvalue weighted by Crippen LogP contribution is 2.36. The molecule has 0 amide bonds. The molecule has 0 spiro atoms. The fourth-order valence-electron chi connectivity index (χ4n) is 2.52. The predicted molar refractivity (Wildman–Crippen MR) is 79.4 cm³/mol. The van der Waals surface area contributed by atoms with E-state index in [-0.39, 0.29) is 5.82 Å². The van der Waals surface area contributed by atoms with Crippen molar-refractivity contribution in [1.29, 1.82) is 0 Å². The fourth-order valence-corrected chi connectivity index (χ4v) is 2.69. The van der Waals surface area contributed by atoms with Crippen LogP contribution in [0.25, 0.3) is 0 Å². The summed E-state index contributed by atoms with van der Waals surface area (Å²) in [7, 11) is 0. The zero-order chi connectivity index (χ0) is 13.4. The Hall–Kier alpha value is -1.94. The molecule has 0 saturated carbocycles. The third-order valence-corrected chi connectivity index (χ3v) is 3.62. The van der Waals surface area contributed by atoms with Gasteiger partial charge in [0.05, 0.1) is 5.69 Å². The smallest absolute Gasteiger partial charge is 0.125 e. The number of thiocarbonyl (C=S) groups is 1. The summed E-state index contributed by atoms with van der Waals surface area (Å²) in [5, 5.41) is 0. The van der Waals surface area contributed by atoms with Crippen LogP contribution in [0.5, 0.6) is 0 Å². The van der Waals surface area contributed by atoms with Gasteiger partial charge in [0, 0.05) is 17.8 Å². The van der Waals surface area contributed by atoms with E-state index in [1.54, 1.807) is 6.07 Å². The quantitative estimate of drug-likeness (QED) is 0.852. The van der Waals surface area contributed by atoms with Gasteiger partial charge in [-0.25, -0.2) is 4.39 Å². The van der Waals surface area contributed by atoms with Gasteiger partial charge in [-0.15, -0.1) is 0 Å². The van der Waals surface area contributed by atoms with E-state index in [2.05, 4.69) is 4.90 Å². The Balaban J connectivity index is 2.11. The molecule has 2 N–H and O–H groups in total. The van der Waals surface area contributed by atoms with Crippen molar-refractivity contribution in [3.8, 4) is 0 Å². The minimum absolute atomic E-state index is 0.224. The summed E-state index contributed by atoms with van der Waals surface area (Å²) >= 11 is 5.09. The lowest BCUT2D eigenvalue weighted by Gasteiger charge is -2.22. The molecular weight excluding hydrogens is 259 g/mol. The normalized spacial score (nSPS) is 13.4. The van der Waals surface area contributed by atoms with Crippen molar-refractivity contribution in [3.05, 3.63) is 59.4 Å². The van der Waals surface area contributed by atoms with E-state index in [9.17, 15) is 4.39 Å². The van der Waals surface area contributed by atoms with Crippen LogP contribution in [0.2, 0.25) is 0 Å². The molecule has 0 fully saturated rings. The number of fused-ring (bicyclic) bond motifs is 1. The van der Waals surface area contributed by atoms with Crippen LogP contribution in [-0.2, 0) is 6.42 Å². The van der Waals surface area contributed by atoms with Gasteiger partial charge >= 0.3 is 0 Å². The van der Waals surface area contributed by atoms with Crippen molar-refractivity contribution in [1.82, 2.24) is 0 Å². The summed E-state index contributed by atoms with van der Waals surface area (Å²) < 4.78 is 13.4. The van der Waals surface area contributed by atoms with Gasteiger partial charge in [-0.2, -0.15) is 0 Å². The first-order valence-electron chi connectivity index (χ1n) is 6.11. The molecule has 1 aliphatic heterocycles. The van der Waals surface area contributed by atoms with Crippen LogP contribution >= 0.6 is 12.2 Å². The fraction of sp³-hybridized carbons (Fsp3) is 0.133. The van der Waals surface area contributed by atoms with Gasteiger partial charge in [0.15, 0.2) is 0 Å². The van der Waals surface area contributed by atoms with Gasteiger partial charge in [0.1, 0.15) is 10.8 Å². The maximum absolute atomic E-state index is 13.4. The van der Waals surface area contributed by atoms with E-state index in [0.717, 1.165) is 35.5 Å². The van der Waals surface area contributed by atoms with Gasteiger partial charge in [-0.3, -0.25) is 0 Å². The van der Waals surface area contributed by atoms with Crippen LogP contribution in [-0.4, -0.2) is 11.5 Å². The number of hydrogen-bond acceptors (Lipinski definition) is 2. The van der Waals surface area contributed by atoms with Crippen molar-refractivity contribution in [3.63, 3.8) is 0 Å². The number of nitrogens with zero attached hydrogens (tertiary/aromatic N) is 1. The molecule has 2 nitrogen and oxygen atoms in total. The number of para-hydroxylation sites is 1. The topological polar surface area (TPSA) is 29.3 Å². The second-order valence-electron chi connectivity index (χ2n) is 4.56. The predicted octanol–water partition coefficient (Wildman–Crippen LogP) is 3.15. The van der Waals surface area contributed by atoms with Crippen LogP contribution in [0.1, 0.15) is 11.1 Å². The number of benzene rings is 2. The average Bonchev–Trinajstić information content (AvgIpc) is 2.81. The lowest BCUT2D eigenvalue weighted by Crippen LogP contribution is -2.19. The number of anilines is 2. The highest BCUT2D eigenvalue weighted by Gasteiger charge is 2.23. The van der Waals surface area contributed by atoms with E-state index >= 15 is 0 Å². The van der Waals surface area contributed by atoms with Crippen LogP contribution in [0.15, 0.2) is 42.5 Å². The number of rotatable bonds is 2. The van der Waals surface area contributed by atoms with Crippen molar-refractivity contribution in [2.75, 3.05) is 11.4 Å². The van der Waals surface area contributed by atoms with E-state index < -0.39 is 0 Å². The maximum atomic E-state index is 13.4. The Morgan fingerprint density at radius 2 is 1.95 bits per heavy atom. The molecule has 0 aromatic heterocycles. The maximum Gasteiger partial charge on any atom is 0.125 e. The third kappa shape index (κ3) is 2.08. The van der Waals surface area contributed by atoms with E-state index in [4.69, 9.17) is 18.0 Å². The van der Waals surface area contributed by atoms with Crippen molar-refractivity contribution in [2.24, 2.45) is 5.73 Å². The molecule has 1 heterocycles. The number of halogens is 1. The molecule has 0 unspecified atom stereocenters. The molecule has 4 heteroatoms. The summed E-state index contributed by atoms with van der Waals surface area (Å²) in [6.07, 6.45) is 0.904. The minimum Gasteiger partial charge on any atom is -0.389 e. The number of hydrogen-bond donors (Lipinski definition) is 1. The highest BCUT2D eigenvalue weighted by molar-refractivity contribution is 7.80. The zero-order valence-electron chi connectivity index (χ0n) is 10.3. The first-order valence-corrected chi connectivity index (χ1v) is 6.52. The average molecular weight is 272 g/mol. The Labute approximate surface area is 116 Å². The van der Waals surface area contributed by atoms with Crippen LogP contribution in [0, 0.1) is 5.82 Å². The molecule has 0 atom stereocenters. The van der Waals surface area contributed by atoms with Gasteiger partial charge in [0.25, 0.3) is 0 Å². The standard InChI is InChI=1S/C15H13FN2S/c16-11-6-5-10-7-8-18(14(10)9-11)13-4-2-1-3-12(13)15(17)19/h1-6,9H,7-8H2,(H2,17,19). The summed E-state index contributed by atoms with van der Waals surface area (Å²) in [6, 6.07) is 12.6. The SMILES string of the molecule is NC(=S)c1ccccc1N1CCc2ccc(F)cc21. The van der Waals surface area contributed by atoms with Crippen molar-refractivity contribution >= 4 is 28.6 Å².